The van der Waals surface area contributed by atoms with Crippen molar-refractivity contribution >= 4 is 27.5 Å². The van der Waals surface area contributed by atoms with Gasteiger partial charge in [-0.05, 0) is 64.7 Å². The maximum Gasteiger partial charge on any atom is 0.333 e. The lowest BCUT2D eigenvalue weighted by Crippen LogP contribution is -2.52. The molecule has 0 spiro atoms. The number of benzene rings is 1. The van der Waals surface area contributed by atoms with E-state index in [1.165, 1.54) is 60.9 Å². The smallest absolute Gasteiger partial charge is 0.333 e. The molecule has 226 valence electrons. The molecule has 3 aromatic heterocycles. The molecule has 1 fully saturated rings. The van der Waals surface area contributed by atoms with Crippen molar-refractivity contribution < 1.29 is 23.8 Å². The van der Waals surface area contributed by atoms with Gasteiger partial charge < -0.3 is 14.6 Å². The second-order valence-electron chi connectivity index (χ2n) is 11.0. The van der Waals surface area contributed by atoms with Gasteiger partial charge in [0.15, 0.2) is 0 Å². The number of methoxy groups -OCH3 is 1. The summed E-state index contributed by atoms with van der Waals surface area (Å²) in [6.07, 6.45) is 4.20. The summed E-state index contributed by atoms with van der Waals surface area (Å²) < 4.78 is 28.7. The molecule has 1 atom stereocenters. The summed E-state index contributed by atoms with van der Waals surface area (Å²) in [6, 6.07) is 6.30. The SMILES string of the molecule is COc1ccc(F)cc1[C@H](Cn1c(=O)n(C(C)(C)C(=O)O)c(=O)c2c(C)c(-n3nccn3)sc21)O[C@H]1CC[C@@H](C#N)CC1. The van der Waals surface area contributed by atoms with Crippen molar-refractivity contribution in [2.75, 3.05) is 7.11 Å². The van der Waals surface area contributed by atoms with Crippen LogP contribution in [-0.2, 0) is 21.6 Å². The average molecular weight is 611 g/mol. The van der Waals surface area contributed by atoms with Gasteiger partial charge in [-0.1, -0.05) is 11.3 Å². The van der Waals surface area contributed by atoms with Gasteiger partial charge in [-0.3, -0.25) is 9.36 Å². The van der Waals surface area contributed by atoms with Gasteiger partial charge in [-0.25, -0.2) is 18.5 Å². The number of ether oxygens (including phenoxy) is 2. The van der Waals surface area contributed by atoms with E-state index in [1.807, 2.05) is 0 Å². The number of nitriles is 1. The molecule has 1 aromatic carbocycles. The molecular weight excluding hydrogens is 579 g/mol. The van der Waals surface area contributed by atoms with Gasteiger partial charge in [-0.2, -0.15) is 15.5 Å². The predicted molar refractivity (Wildman–Crippen MR) is 155 cm³/mol. The van der Waals surface area contributed by atoms with E-state index in [4.69, 9.17) is 9.47 Å². The van der Waals surface area contributed by atoms with E-state index < -0.39 is 34.7 Å². The lowest BCUT2D eigenvalue weighted by molar-refractivity contribution is -0.146. The quantitative estimate of drug-likeness (QED) is 0.297. The van der Waals surface area contributed by atoms with Crippen LogP contribution < -0.4 is 16.0 Å². The van der Waals surface area contributed by atoms with E-state index in [1.54, 1.807) is 6.92 Å². The summed E-state index contributed by atoms with van der Waals surface area (Å²) in [7, 11) is 1.44. The molecule has 1 aliphatic rings. The fourth-order valence-corrected chi connectivity index (χ4v) is 6.71. The van der Waals surface area contributed by atoms with Crippen molar-refractivity contribution in [2.24, 2.45) is 5.92 Å². The van der Waals surface area contributed by atoms with Gasteiger partial charge in [0.1, 0.15) is 33.0 Å². The molecule has 0 saturated heterocycles. The van der Waals surface area contributed by atoms with E-state index in [0.29, 0.717) is 47.6 Å². The number of aromatic nitrogens is 5. The maximum atomic E-state index is 14.6. The highest BCUT2D eigenvalue weighted by Gasteiger charge is 2.36. The number of hydrogen-bond acceptors (Lipinski definition) is 9. The Morgan fingerprint density at radius 3 is 2.51 bits per heavy atom. The van der Waals surface area contributed by atoms with Crippen molar-refractivity contribution in [1.82, 2.24) is 24.1 Å². The van der Waals surface area contributed by atoms with E-state index in [2.05, 4.69) is 16.3 Å². The molecule has 5 rings (SSSR count). The number of aryl methyl sites for hydroxylation is 1. The van der Waals surface area contributed by atoms with Crippen LogP contribution >= 0.6 is 11.3 Å². The molecule has 1 saturated carbocycles. The first-order chi connectivity index (χ1) is 20.5. The number of thiophene rings is 1. The van der Waals surface area contributed by atoms with Crippen LogP contribution in [0.5, 0.6) is 5.75 Å². The minimum atomic E-state index is -1.90. The highest BCUT2D eigenvalue weighted by atomic mass is 32.1. The predicted octanol–water partition coefficient (Wildman–Crippen LogP) is 3.92. The van der Waals surface area contributed by atoms with Crippen LogP contribution in [0.15, 0.2) is 40.2 Å². The average Bonchev–Trinajstić information content (AvgIpc) is 3.63. The summed E-state index contributed by atoms with van der Waals surface area (Å²) in [4.78, 5) is 41.9. The molecule has 14 heteroatoms. The Morgan fingerprint density at radius 1 is 1.23 bits per heavy atom. The number of carbonyl (C=O) groups is 1. The fraction of sp³-hybridized carbons (Fsp3) is 0.448. The lowest BCUT2D eigenvalue weighted by Gasteiger charge is -2.31. The Labute approximate surface area is 249 Å². The molecule has 0 bridgehead atoms. The van der Waals surface area contributed by atoms with E-state index in [-0.39, 0.29) is 28.8 Å². The summed E-state index contributed by atoms with van der Waals surface area (Å²) in [5, 5.41) is 28.3. The number of fused-ring (bicyclic) bond motifs is 1. The molecule has 1 N–H and O–H groups in total. The Bertz CT molecular complexity index is 1830. The zero-order valence-electron chi connectivity index (χ0n) is 24.1. The second kappa shape index (κ2) is 11.7. The molecule has 43 heavy (non-hydrogen) atoms. The van der Waals surface area contributed by atoms with Crippen LogP contribution in [0.3, 0.4) is 0 Å². The first-order valence-electron chi connectivity index (χ1n) is 13.8. The zero-order chi connectivity index (χ0) is 31.1. The molecular formula is C29H31FN6O6S. The second-order valence-corrected chi connectivity index (χ2v) is 12.0. The summed E-state index contributed by atoms with van der Waals surface area (Å²) in [5.41, 5.74) is -2.69. The van der Waals surface area contributed by atoms with Gasteiger partial charge in [0.2, 0.25) is 0 Å². The largest absolute Gasteiger partial charge is 0.496 e. The van der Waals surface area contributed by atoms with Gasteiger partial charge in [0.25, 0.3) is 5.56 Å². The third-order valence-electron chi connectivity index (χ3n) is 7.97. The molecule has 0 amide bonds. The first-order valence-corrected chi connectivity index (χ1v) is 14.6. The number of nitrogens with zero attached hydrogens (tertiary/aromatic N) is 6. The van der Waals surface area contributed by atoms with Crippen LogP contribution in [0.25, 0.3) is 15.2 Å². The Kier molecular flexibility index (Phi) is 8.22. The monoisotopic (exact) mass is 610 g/mol. The van der Waals surface area contributed by atoms with E-state index in [0.717, 1.165) is 15.9 Å². The van der Waals surface area contributed by atoms with E-state index in [9.17, 15) is 29.1 Å². The number of hydrogen-bond donors (Lipinski definition) is 1. The lowest BCUT2D eigenvalue weighted by atomic mass is 9.88. The first kappa shape index (κ1) is 30.1. The highest BCUT2D eigenvalue weighted by molar-refractivity contribution is 7.21. The number of rotatable bonds is 9. The fourth-order valence-electron chi connectivity index (χ4n) is 5.49. The highest BCUT2D eigenvalue weighted by Crippen LogP contribution is 2.37. The Morgan fingerprint density at radius 2 is 1.91 bits per heavy atom. The summed E-state index contributed by atoms with van der Waals surface area (Å²) in [6.45, 7) is 4.06. The van der Waals surface area contributed by atoms with Gasteiger partial charge >= 0.3 is 11.7 Å². The van der Waals surface area contributed by atoms with Crippen LogP contribution in [0.1, 0.15) is 56.8 Å². The van der Waals surface area contributed by atoms with Crippen molar-refractivity contribution in [3.8, 4) is 16.8 Å². The molecule has 0 unspecified atom stereocenters. The third kappa shape index (κ3) is 5.46. The number of carboxylic acid groups (broad SMARTS) is 1. The minimum Gasteiger partial charge on any atom is -0.496 e. The summed E-state index contributed by atoms with van der Waals surface area (Å²) in [5.74, 6) is -1.64. The van der Waals surface area contributed by atoms with Crippen LogP contribution in [-0.4, -0.2) is 48.4 Å². The van der Waals surface area contributed by atoms with Gasteiger partial charge in [0.05, 0.1) is 43.6 Å². The van der Waals surface area contributed by atoms with Crippen molar-refractivity contribution in [2.45, 2.75) is 70.7 Å². The molecule has 1 aliphatic carbocycles. The molecule has 12 nitrogen and oxygen atoms in total. The van der Waals surface area contributed by atoms with Crippen LogP contribution in [0.2, 0.25) is 0 Å². The maximum absolute atomic E-state index is 14.6. The van der Waals surface area contributed by atoms with Crippen molar-refractivity contribution in [1.29, 1.82) is 5.26 Å². The van der Waals surface area contributed by atoms with E-state index >= 15 is 0 Å². The topological polar surface area (TPSA) is 154 Å². The standard InChI is InChI=1S/C29H31FN6O6S/c1-16-23-24(37)35(29(2,3)27(38)39)28(40)34(26(23)43-25(16)36-32-11-12-33-36)15-22(20-13-18(30)7-10-21(20)41-4)42-19-8-5-17(14-31)6-9-19/h7,10-13,17,19,22H,5-6,8-9,15H2,1-4H3,(H,38,39)/t17-,19+,22-/m0/s1. The zero-order valence-corrected chi connectivity index (χ0v) is 24.9. The van der Waals surface area contributed by atoms with Gasteiger partial charge in [-0.15, -0.1) is 4.80 Å². The normalized spacial score (nSPS) is 18.0. The van der Waals surface area contributed by atoms with Crippen molar-refractivity contribution in [3.05, 3.63) is 68.4 Å². The molecule has 0 aliphatic heterocycles. The molecule has 0 radical (unpaired) electrons. The number of halogens is 1. The Balaban J connectivity index is 1.74. The number of carboxylic acids is 1. The molecule has 3 heterocycles. The Hall–Kier alpha value is -4.35. The van der Waals surface area contributed by atoms with Gasteiger partial charge in [0, 0.05) is 17.0 Å². The van der Waals surface area contributed by atoms with Crippen LogP contribution in [0.4, 0.5) is 4.39 Å². The third-order valence-corrected chi connectivity index (χ3v) is 9.25. The number of aliphatic carboxylic acids is 1. The summed E-state index contributed by atoms with van der Waals surface area (Å²) >= 11 is 1.11. The van der Waals surface area contributed by atoms with Crippen LogP contribution in [0, 0.1) is 30.0 Å². The minimum absolute atomic E-state index is 0.0746. The molecule has 4 aromatic rings. The van der Waals surface area contributed by atoms with Crippen molar-refractivity contribution in [3.63, 3.8) is 0 Å².